The lowest BCUT2D eigenvalue weighted by atomic mass is 10.2. The van der Waals surface area contributed by atoms with Crippen molar-refractivity contribution in [3.63, 3.8) is 0 Å². The Balaban J connectivity index is 2.11. The van der Waals surface area contributed by atoms with Crippen LogP contribution in [0.3, 0.4) is 0 Å². The van der Waals surface area contributed by atoms with Gasteiger partial charge in [0.2, 0.25) is 10.6 Å². The minimum Gasteiger partial charge on any atom is -0.502 e. The van der Waals surface area contributed by atoms with Crippen LogP contribution in [0.1, 0.15) is 5.56 Å². The zero-order valence-electron chi connectivity index (χ0n) is 15.3. The molecule has 0 aliphatic carbocycles. The van der Waals surface area contributed by atoms with Gasteiger partial charge in [0.15, 0.2) is 11.5 Å². The number of phenols is 1. The zero-order valence-corrected chi connectivity index (χ0v) is 17.6. The Kier molecular flexibility index (Phi) is 6.28. The molecule has 2 aromatic carbocycles. The third-order valence-electron chi connectivity index (χ3n) is 3.91. The first-order valence-corrected chi connectivity index (χ1v) is 9.70. The highest BCUT2D eigenvalue weighted by Gasteiger charge is 2.13. The molecule has 0 bridgehead atoms. The lowest BCUT2D eigenvalue weighted by Gasteiger charge is -2.09. The lowest BCUT2D eigenvalue weighted by molar-refractivity contribution is 0.340. The Morgan fingerprint density at radius 1 is 1.11 bits per heavy atom. The van der Waals surface area contributed by atoms with Gasteiger partial charge in [-0.15, -0.1) is 11.3 Å². The van der Waals surface area contributed by atoms with Crippen molar-refractivity contribution in [3.05, 3.63) is 56.1 Å². The highest BCUT2D eigenvalue weighted by Crippen LogP contribution is 2.36. The number of aromatic nitrogens is 1. The predicted octanol–water partition coefficient (Wildman–Crippen LogP) is 4.66. The van der Waals surface area contributed by atoms with Crippen LogP contribution in [0.4, 0.5) is 0 Å². The van der Waals surface area contributed by atoms with Crippen LogP contribution in [0.25, 0.3) is 11.3 Å². The van der Waals surface area contributed by atoms with Crippen molar-refractivity contribution < 1.29 is 14.6 Å². The van der Waals surface area contributed by atoms with Crippen molar-refractivity contribution in [3.8, 4) is 28.5 Å². The van der Waals surface area contributed by atoms with E-state index in [-0.39, 0.29) is 17.2 Å². The molecule has 3 rings (SSSR count). The summed E-state index contributed by atoms with van der Waals surface area (Å²) in [5, 5.41) is 17.6. The van der Waals surface area contributed by atoms with Crippen LogP contribution in [-0.4, -0.2) is 37.3 Å². The molecule has 0 atom stereocenters. The summed E-state index contributed by atoms with van der Waals surface area (Å²) < 4.78 is 12.0. The second kappa shape index (κ2) is 8.68. The summed E-state index contributed by atoms with van der Waals surface area (Å²) >= 11 is 13.9. The Morgan fingerprint density at radius 2 is 1.79 bits per heavy atom. The van der Waals surface area contributed by atoms with E-state index in [0.717, 1.165) is 11.3 Å². The molecular formula is C19H17Cl2N3O3S. The SMILES string of the molecule is CN=c1scc(-c2cc(Cl)ccc2Cl)n1N=Cc1cc(OC)c(O)c(OC)c1. The fraction of sp³-hybridized carbons (Fsp3) is 0.158. The van der Waals surface area contributed by atoms with Crippen molar-refractivity contribution in [1.82, 2.24) is 4.68 Å². The van der Waals surface area contributed by atoms with Gasteiger partial charge in [-0.1, -0.05) is 23.2 Å². The molecule has 0 saturated carbocycles. The maximum absolute atomic E-state index is 10.1. The maximum Gasteiger partial charge on any atom is 0.205 e. The Morgan fingerprint density at radius 3 is 2.39 bits per heavy atom. The van der Waals surface area contributed by atoms with Gasteiger partial charge in [-0.2, -0.15) is 5.10 Å². The molecule has 0 radical (unpaired) electrons. The fourth-order valence-electron chi connectivity index (χ4n) is 2.55. The smallest absolute Gasteiger partial charge is 0.205 e. The van der Waals surface area contributed by atoms with Gasteiger partial charge >= 0.3 is 0 Å². The number of benzene rings is 2. The molecule has 9 heteroatoms. The summed E-state index contributed by atoms with van der Waals surface area (Å²) in [6.45, 7) is 0. The third kappa shape index (κ3) is 4.01. The molecule has 0 spiro atoms. The highest BCUT2D eigenvalue weighted by molar-refractivity contribution is 7.07. The molecule has 1 aromatic heterocycles. The number of phenolic OH excluding ortho intramolecular Hbond substituents is 1. The average Bonchev–Trinajstić information content (AvgIpc) is 3.11. The molecule has 0 amide bonds. The normalized spacial score (nSPS) is 12.0. The number of methoxy groups -OCH3 is 2. The van der Waals surface area contributed by atoms with Crippen molar-refractivity contribution in [2.45, 2.75) is 0 Å². The summed E-state index contributed by atoms with van der Waals surface area (Å²) in [7, 11) is 4.63. The quantitative estimate of drug-likeness (QED) is 0.590. The molecular weight excluding hydrogens is 421 g/mol. The van der Waals surface area contributed by atoms with E-state index in [0.29, 0.717) is 20.4 Å². The van der Waals surface area contributed by atoms with Gasteiger partial charge in [-0.3, -0.25) is 4.99 Å². The summed E-state index contributed by atoms with van der Waals surface area (Å²) in [6, 6.07) is 8.56. The van der Waals surface area contributed by atoms with E-state index in [1.54, 1.807) is 48.3 Å². The van der Waals surface area contributed by atoms with Crippen LogP contribution in [0.2, 0.25) is 10.0 Å². The van der Waals surface area contributed by atoms with E-state index < -0.39 is 0 Å². The first kappa shape index (κ1) is 20.3. The first-order valence-electron chi connectivity index (χ1n) is 8.06. The van der Waals surface area contributed by atoms with Crippen LogP contribution in [0, 0.1) is 0 Å². The molecule has 1 N–H and O–H groups in total. The number of thiazole rings is 1. The fourth-order valence-corrected chi connectivity index (χ4v) is 3.74. The lowest BCUT2D eigenvalue weighted by Crippen LogP contribution is -2.11. The van der Waals surface area contributed by atoms with Crippen LogP contribution in [0.5, 0.6) is 17.2 Å². The first-order chi connectivity index (χ1) is 13.5. The molecule has 1 heterocycles. The average molecular weight is 438 g/mol. The van der Waals surface area contributed by atoms with Crippen molar-refractivity contribution in [2.75, 3.05) is 21.3 Å². The van der Waals surface area contributed by atoms with Gasteiger partial charge in [0, 0.05) is 28.6 Å². The van der Waals surface area contributed by atoms with Crippen LogP contribution in [-0.2, 0) is 0 Å². The second-order valence-corrected chi connectivity index (χ2v) is 7.26. The third-order valence-corrected chi connectivity index (χ3v) is 5.38. The number of ether oxygens (including phenoxy) is 2. The predicted molar refractivity (Wildman–Crippen MR) is 113 cm³/mol. The second-order valence-electron chi connectivity index (χ2n) is 5.58. The van der Waals surface area contributed by atoms with Crippen LogP contribution >= 0.6 is 34.5 Å². The largest absolute Gasteiger partial charge is 0.502 e. The Bertz CT molecular complexity index is 1080. The molecule has 0 saturated heterocycles. The number of rotatable bonds is 5. The van der Waals surface area contributed by atoms with E-state index >= 15 is 0 Å². The van der Waals surface area contributed by atoms with E-state index in [1.807, 2.05) is 5.38 Å². The number of nitrogens with zero attached hydrogens (tertiary/aromatic N) is 3. The van der Waals surface area contributed by atoms with Gasteiger partial charge < -0.3 is 14.6 Å². The van der Waals surface area contributed by atoms with Gasteiger partial charge in [0.25, 0.3) is 0 Å². The number of halogens is 2. The Hall–Kier alpha value is -2.48. The summed E-state index contributed by atoms with van der Waals surface area (Å²) in [6.07, 6.45) is 1.62. The molecule has 0 fully saturated rings. The van der Waals surface area contributed by atoms with Gasteiger partial charge in [-0.25, -0.2) is 4.68 Å². The minimum absolute atomic E-state index is 0.0685. The molecule has 3 aromatic rings. The van der Waals surface area contributed by atoms with E-state index in [2.05, 4.69) is 10.1 Å². The summed E-state index contributed by atoms with van der Waals surface area (Å²) in [5.74, 6) is 0.505. The number of aromatic hydroxyl groups is 1. The highest BCUT2D eigenvalue weighted by atomic mass is 35.5. The minimum atomic E-state index is -0.0685. The molecule has 146 valence electrons. The summed E-state index contributed by atoms with van der Waals surface area (Å²) in [4.78, 5) is 4.95. The van der Waals surface area contributed by atoms with Crippen LogP contribution < -0.4 is 14.3 Å². The molecule has 0 aliphatic heterocycles. The van der Waals surface area contributed by atoms with Crippen molar-refractivity contribution in [1.29, 1.82) is 0 Å². The van der Waals surface area contributed by atoms with Crippen LogP contribution in [0.15, 0.2) is 45.8 Å². The van der Waals surface area contributed by atoms with Crippen molar-refractivity contribution in [2.24, 2.45) is 10.1 Å². The van der Waals surface area contributed by atoms with Crippen molar-refractivity contribution >= 4 is 40.8 Å². The molecule has 0 unspecified atom stereocenters. The molecule has 6 nitrogen and oxygen atoms in total. The monoisotopic (exact) mass is 437 g/mol. The zero-order chi connectivity index (χ0) is 20.3. The molecule has 28 heavy (non-hydrogen) atoms. The maximum atomic E-state index is 10.1. The number of hydrogen-bond donors (Lipinski definition) is 1. The van der Waals surface area contributed by atoms with Gasteiger partial charge in [0.05, 0.1) is 31.2 Å². The standard InChI is InChI=1S/C19H17Cl2N3O3S/c1-22-19-24(15(10-28-19)13-8-12(20)4-5-14(13)21)23-9-11-6-16(26-2)18(25)17(7-11)27-3/h4-10,25H,1-3H3. The van der Waals surface area contributed by atoms with Gasteiger partial charge in [0.1, 0.15) is 0 Å². The van der Waals surface area contributed by atoms with E-state index in [1.165, 1.54) is 25.6 Å². The van der Waals surface area contributed by atoms with E-state index in [4.69, 9.17) is 32.7 Å². The molecule has 0 aliphatic rings. The van der Waals surface area contributed by atoms with E-state index in [9.17, 15) is 5.11 Å². The number of hydrogen-bond acceptors (Lipinski definition) is 6. The van der Waals surface area contributed by atoms with Gasteiger partial charge in [-0.05, 0) is 30.3 Å². The Labute approximate surface area is 175 Å². The topological polar surface area (TPSA) is 68.3 Å². The summed E-state index contributed by atoms with van der Waals surface area (Å²) in [5.41, 5.74) is 2.18.